The fourth-order valence-electron chi connectivity index (χ4n) is 3.49. The molecule has 3 aromatic rings. The molecule has 30 heavy (non-hydrogen) atoms. The molecule has 0 amide bonds. The van der Waals surface area contributed by atoms with Crippen LogP contribution in [0.4, 0.5) is 0 Å². The van der Waals surface area contributed by atoms with Crippen molar-refractivity contribution in [1.82, 2.24) is 9.78 Å². The van der Waals surface area contributed by atoms with E-state index in [1.807, 2.05) is 24.3 Å². The van der Waals surface area contributed by atoms with Crippen molar-refractivity contribution >= 4 is 16.9 Å². The lowest BCUT2D eigenvalue weighted by atomic mass is 9.96. The monoisotopic (exact) mass is 404 g/mol. The van der Waals surface area contributed by atoms with Gasteiger partial charge in [-0.3, -0.25) is 9.48 Å². The zero-order valence-electron chi connectivity index (χ0n) is 18.0. The molecule has 0 aliphatic heterocycles. The summed E-state index contributed by atoms with van der Waals surface area (Å²) in [6, 6.07) is 13.7. The van der Waals surface area contributed by atoms with E-state index in [4.69, 9.17) is 14.9 Å². The van der Waals surface area contributed by atoms with Gasteiger partial charge in [0.05, 0.1) is 17.9 Å². The van der Waals surface area contributed by atoms with Crippen molar-refractivity contribution in [3.8, 4) is 17.6 Å². The average Bonchev–Trinajstić information content (AvgIpc) is 3.00. The maximum Gasteiger partial charge on any atom is 0.304 e. The van der Waals surface area contributed by atoms with Gasteiger partial charge >= 0.3 is 5.97 Å². The number of carboxylic acids is 1. The van der Waals surface area contributed by atoms with Gasteiger partial charge in [-0.25, -0.2) is 0 Å². The van der Waals surface area contributed by atoms with Gasteiger partial charge in [0.25, 0.3) is 0 Å². The number of carbonyl (C=O) groups is 1. The van der Waals surface area contributed by atoms with Crippen LogP contribution in [0.15, 0.2) is 42.5 Å². The van der Waals surface area contributed by atoms with Crippen LogP contribution in [0, 0.1) is 24.7 Å². The molecule has 0 bridgehead atoms. The Morgan fingerprint density at radius 3 is 2.57 bits per heavy atom. The highest BCUT2D eigenvalue weighted by Crippen LogP contribution is 2.24. The molecule has 1 aromatic heterocycles. The zero-order valence-corrected chi connectivity index (χ0v) is 18.0. The third-order valence-corrected chi connectivity index (χ3v) is 4.99. The smallest absolute Gasteiger partial charge is 0.304 e. The Balaban J connectivity index is 1.69. The Bertz CT molecular complexity index is 1090. The summed E-state index contributed by atoms with van der Waals surface area (Å²) in [5.41, 5.74) is 4.11. The standard InChI is InChI=1S/C25H28N2O3/c1-5-6-21(14-25(28)29)20-8-10-22(11-9-20)30-16-19-7-12-23-18(4)27(15-17(2)3)26-24(23)13-19/h7-13,17,21H,14-16H2,1-4H3,(H,28,29). The van der Waals surface area contributed by atoms with Crippen LogP contribution in [0.1, 0.15) is 49.9 Å². The van der Waals surface area contributed by atoms with Gasteiger partial charge < -0.3 is 9.84 Å². The molecular weight excluding hydrogens is 376 g/mol. The van der Waals surface area contributed by atoms with Gasteiger partial charge in [-0.05, 0) is 49.1 Å². The topological polar surface area (TPSA) is 64.3 Å². The van der Waals surface area contributed by atoms with Crippen LogP contribution < -0.4 is 4.74 Å². The number of benzene rings is 2. The minimum absolute atomic E-state index is 0.00999. The molecule has 5 heteroatoms. The molecule has 2 aromatic carbocycles. The maximum absolute atomic E-state index is 11.1. The molecule has 1 atom stereocenters. The molecule has 1 N–H and O–H groups in total. The fraction of sp³-hybridized carbons (Fsp3) is 0.360. The highest BCUT2D eigenvalue weighted by Gasteiger charge is 2.13. The Labute approximate surface area is 177 Å². The first kappa shape index (κ1) is 21.4. The van der Waals surface area contributed by atoms with Gasteiger partial charge in [-0.15, -0.1) is 5.92 Å². The van der Waals surface area contributed by atoms with Crippen molar-refractivity contribution < 1.29 is 14.6 Å². The second-order valence-electron chi connectivity index (χ2n) is 7.92. The Morgan fingerprint density at radius 1 is 1.20 bits per heavy atom. The normalized spacial score (nSPS) is 11.9. The molecule has 0 saturated heterocycles. The molecule has 0 aliphatic rings. The van der Waals surface area contributed by atoms with Crippen molar-refractivity contribution in [3.05, 3.63) is 59.3 Å². The van der Waals surface area contributed by atoms with E-state index in [1.165, 1.54) is 11.1 Å². The summed E-state index contributed by atoms with van der Waals surface area (Å²) in [5, 5.41) is 15.0. The summed E-state index contributed by atoms with van der Waals surface area (Å²) in [7, 11) is 0. The Morgan fingerprint density at radius 2 is 1.93 bits per heavy atom. The minimum atomic E-state index is -0.857. The average molecular weight is 405 g/mol. The first-order valence-corrected chi connectivity index (χ1v) is 10.2. The first-order chi connectivity index (χ1) is 14.4. The van der Waals surface area contributed by atoms with Crippen LogP contribution in [-0.2, 0) is 17.9 Å². The number of aryl methyl sites for hydroxylation is 1. The zero-order chi connectivity index (χ0) is 21.7. The van der Waals surface area contributed by atoms with Gasteiger partial charge in [0.1, 0.15) is 12.4 Å². The van der Waals surface area contributed by atoms with Crippen LogP contribution >= 0.6 is 0 Å². The number of fused-ring (bicyclic) bond motifs is 1. The van der Waals surface area contributed by atoms with Crippen LogP contribution in [0.25, 0.3) is 10.9 Å². The van der Waals surface area contributed by atoms with Crippen LogP contribution in [0.5, 0.6) is 5.75 Å². The molecule has 0 spiro atoms. The molecule has 156 valence electrons. The van der Waals surface area contributed by atoms with Crippen molar-refractivity contribution in [1.29, 1.82) is 0 Å². The second kappa shape index (κ2) is 9.49. The van der Waals surface area contributed by atoms with E-state index in [1.54, 1.807) is 6.92 Å². The predicted molar refractivity (Wildman–Crippen MR) is 119 cm³/mol. The number of nitrogens with zero attached hydrogens (tertiary/aromatic N) is 2. The first-order valence-electron chi connectivity index (χ1n) is 10.2. The Hall–Kier alpha value is -3.26. The highest BCUT2D eigenvalue weighted by molar-refractivity contribution is 5.82. The third-order valence-electron chi connectivity index (χ3n) is 4.99. The lowest BCUT2D eigenvalue weighted by Crippen LogP contribution is -2.07. The lowest BCUT2D eigenvalue weighted by Gasteiger charge is -2.11. The van der Waals surface area contributed by atoms with Crippen LogP contribution in [-0.4, -0.2) is 20.9 Å². The number of rotatable bonds is 8. The summed E-state index contributed by atoms with van der Waals surface area (Å²) < 4.78 is 8.01. The summed E-state index contributed by atoms with van der Waals surface area (Å²) in [6.45, 7) is 9.55. The SMILES string of the molecule is CC#CC(CC(=O)O)c1ccc(OCc2ccc3c(C)n(CC(C)C)nc3c2)cc1. The summed E-state index contributed by atoms with van der Waals surface area (Å²) >= 11 is 0. The minimum Gasteiger partial charge on any atom is -0.489 e. The number of ether oxygens (including phenoxy) is 1. The highest BCUT2D eigenvalue weighted by atomic mass is 16.5. The summed E-state index contributed by atoms with van der Waals surface area (Å²) in [4.78, 5) is 11.1. The quantitative estimate of drug-likeness (QED) is 0.527. The van der Waals surface area contributed by atoms with E-state index in [0.717, 1.165) is 28.9 Å². The number of aromatic nitrogens is 2. The van der Waals surface area contributed by atoms with Crippen LogP contribution in [0.2, 0.25) is 0 Å². The maximum atomic E-state index is 11.1. The van der Waals surface area contributed by atoms with Gasteiger partial charge in [-0.2, -0.15) is 5.10 Å². The summed E-state index contributed by atoms with van der Waals surface area (Å²) in [6.07, 6.45) is -0.00999. The molecule has 1 unspecified atom stereocenters. The van der Waals surface area contributed by atoms with E-state index < -0.39 is 5.97 Å². The summed E-state index contributed by atoms with van der Waals surface area (Å²) in [5.74, 6) is 5.88. The third kappa shape index (κ3) is 5.21. The van der Waals surface area contributed by atoms with Crippen molar-refractivity contribution in [2.24, 2.45) is 5.92 Å². The van der Waals surface area contributed by atoms with Crippen molar-refractivity contribution in [2.75, 3.05) is 0 Å². The van der Waals surface area contributed by atoms with Crippen LogP contribution in [0.3, 0.4) is 0 Å². The van der Waals surface area contributed by atoms with E-state index in [9.17, 15) is 4.79 Å². The van der Waals surface area contributed by atoms with Crippen molar-refractivity contribution in [2.45, 2.75) is 53.2 Å². The molecule has 0 saturated carbocycles. The van der Waals surface area contributed by atoms with E-state index in [2.05, 4.69) is 55.5 Å². The van der Waals surface area contributed by atoms with Gasteiger partial charge in [0, 0.05) is 17.6 Å². The lowest BCUT2D eigenvalue weighted by molar-refractivity contribution is -0.137. The van der Waals surface area contributed by atoms with Gasteiger partial charge in [0.2, 0.25) is 0 Å². The molecule has 1 heterocycles. The van der Waals surface area contributed by atoms with E-state index in [-0.39, 0.29) is 12.3 Å². The van der Waals surface area contributed by atoms with Crippen molar-refractivity contribution in [3.63, 3.8) is 0 Å². The van der Waals surface area contributed by atoms with Gasteiger partial charge in [-0.1, -0.05) is 44.0 Å². The van der Waals surface area contributed by atoms with Gasteiger partial charge in [0.15, 0.2) is 0 Å². The largest absolute Gasteiger partial charge is 0.489 e. The predicted octanol–water partition coefficient (Wildman–Crippen LogP) is 5.16. The molecule has 5 nitrogen and oxygen atoms in total. The number of carboxylic acid groups (broad SMARTS) is 1. The number of aliphatic carboxylic acids is 1. The molecular formula is C25H28N2O3. The van der Waals surface area contributed by atoms with E-state index in [0.29, 0.717) is 12.5 Å². The molecule has 3 rings (SSSR count). The number of hydrogen-bond acceptors (Lipinski definition) is 3. The Kier molecular flexibility index (Phi) is 6.79. The molecule has 0 aliphatic carbocycles. The number of hydrogen-bond donors (Lipinski definition) is 1. The fourth-order valence-corrected chi connectivity index (χ4v) is 3.49. The molecule has 0 fully saturated rings. The van der Waals surface area contributed by atoms with E-state index >= 15 is 0 Å². The second-order valence-corrected chi connectivity index (χ2v) is 7.92. The molecule has 0 radical (unpaired) electrons.